The van der Waals surface area contributed by atoms with Crippen molar-refractivity contribution in [2.24, 2.45) is 0 Å². The van der Waals surface area contributed by atoms with Crippen LogP contribution in [0, 0.1) is 6.92 Å². The van der Waals surface area contributed by atoms with Crippen molar-refractivity contribution >= 4 is 22.7 Å². The van der Waals surface area contributed by atoms with Gasteiger partial charge in [0, 0.05) is 5.56 Å². The number of fused-ring (bicyclic) bond motifs is 3. The zero-order valence-electron chi connectivity index (χ0n) is 10.1. The highest BCUT2D eigenvalue weighted by molar-refractivity contribution is 5.93. The first kappa shape index (κ1) is 9.90. The van der Waals surface area contributed by atoms with Crippen LogP contribution in [0.15, 0.2) is 12.4 Å². The summed E-state index contributed by atoms with van der Waals surface area (Å²) in [5.74, 6) is 0.383. The van der Waals surface area contributed by atoms with E-state index in [1.165, 1.54) is 0 Å². The van der Waals surface area contributed by atoms with E-state index in [0.717, 1.165) is 27.5 Å². The summed E-state index contributed by atoms with van der Waals surface area (Å²) in [5, 5.41) is 4.63. The van der Waals surface area contributed by atoms with Gasteiger partial charge in [0.1, 0.15) is 6.04 Å². The summed E-state index contributed by atoms with van der Waals surface area (Å²) in [4.78, 5) is 0. The lowest BCUT2D eigenvalue weighted by atomic mass is 10.00. The summed E-state index contributed by atoms with van der Waals surface area (Å²) in [6.07, 6.45) is 3.88. The molecule has 2 aliphatic heterocycles. The monoisotopic (exact) mass is 244 g/mol. The summed E-state index contributed by atoms with van der Waals surface area (Å²) in [6, 6.07) is 0.820. The van der Waals surface area contributed by atoms with Gasteiger partial charge < -0.3 is 33.0 Å². The second kappa shape index (κ2) is 2.84. The zero-order valence-corrected chi connectivity index (χ0v) is 10.1. The van der Waals surface area contributed by atoms with Gasteiger partial charge in [0.2, 0.25) is 0 Å². The Balaban J connectivity index is 1.81. The van der Waals surface area contributed by atoms with Crippen LogP contribution in [0.25, 0.3) is 5.43 Å². The third-order valence-electron chi connectivity index (χ3n) is 4.40. The lowest BCUT2D eigenvalue weighted by Gasteiger charge is -2.35. The third kappa shape index (κ3) is 0.932. The molecule has 0 bridgehead atoms. The summed E-state index contributed by atoms with van der Waals surface area (Å²) in [5.41, 5.74) is 27.5. The molecule has 0 radical (unpaired) electrons. The van der Waals surface area contributed by atoms with Gasteiger partial charge in [-0.05, 0) is 12.5 Å². The zero-order chi connectivity index (χ0) is 12.6. The van der Waals surface area contributed by atoms with E-state index in [4.69, 9.17) is 17.2 Å². The van der Waals surface area contributed by atoms with E-state index in [1.54, 1.807) is 0 Å². The minimum Gasteiger partial charge on any atom is -0.486 e. The van der Waals surface area contributed by atoms with Gasteiger partial charge in [-0.2, -0.15) is 0 Å². The molecule has 6 heteroatoms. The SMILES string of the molecule is Cc1c(N)c(N)c2c(c1N)NC1C([NH+]3C=C[N-]3)[C@H]21. The number of benzene rings is 1. The number of quaternary nitrogens is 1. The van der Waals surface area contributed by atoms with E-state index in [2.05, 4.69) is 16.9 Å². The van der Waals surface area contributed by atoms with Crippen molar-refractivity contribution in [1.82, 2.24) is 0 Å². The molecule has 1 aromatic carbocycles. The van der Waals surface area contributed by atoms with E-state index in [9.17, 15) is 0 Å². The van der Waals surface area contributed by atoms with Crippen LogP contribution in [0.1, 0.15) is 17.0 Å². The molecule has 94 valence electrons. The van der Waals surface area contributed by atoms with Gasteiger partial charge in [-0.25, -0.2) is 0 Å². The molecule has 1 aromatic rings. The van der Waals surface area contributed by atoms with Gasteiger partial charge in [-0.1, -0.05) is 6.20 Å². The Morgan fingerprint density at radius 2 is 1.94 bits per heavy atom. The van der Waals surface area contributed by atoms with E-state index >= 15 is 0 Å². The summed E-state index contributed by atoms with van der Waals surface area (Å²) >= 11 is 0. The van der Waals surface area contributed by atoms with Crippen LogP contribution in [-0.2, 0) is 0 Å². The number of nitrogens with one attached hydrogen (secondary N) is 2. The lowest BCUT2D eigenvalue weighted by Crippen LogP contribution is -3.08. The number of rotatable bonds is 1. The van der Waals surface area contributed by atoms with Gasteiger partial charge in [0.25, 0.3) is 0 Å². The Morgan fingerprint density at radius 1 is 1.22 bits per heavy atom. The highest BCUT2D eigenvalue weighted by Crippen LogP contribution is 2.57. The molecule has 6 nitrogen and oxygen atoms in total. The van der Waals surface area contributed by atoms with Gasteiger partial charge in [-0.15, -0.1) is 0 Å². The van der Waals surface area contributed by atoms with Gasteiger partial charge in [-0.3, -0.25) is 0 Å². The van der Waals surface area contributed by atoms with Crippen molar-refractivity contribution in [3.63, 3.8) is 0 Å². The summed E-state index contributed by atoms with van der Waals surface area (Å²) in [6.45, 7) is 1.91. The predicted molar refractivity (Wildman–Crippen MR) is 71.8 cm³/mol. The average molecular weight is 244 g/mol. The standard InChI is InChI=1S/C12H16N6/c1-4-7(13)9(15)5-6-11(17-10(5)8(4)14)12(6)18-3-2-16-18/h2-3,6,11-12,17-18H,13-15H2,1H3/t6-,11?,12?/m1/s1. The number of hydrogen-bond donors (Lipinski definition) is 5. The number of anilines is 4. The molecule has 4 atom stereocenters. The molecular formula is C12H16N6. The third-order valence-corrected chi connectivity index (χ3v) is 4.40. The van der Waals surface area contributed by atoms with Crippen molar-refractivity contribution in [1.29, 1.82) is 0 Å². The molecule has 8 N–H and O–H groups in total. The second-order valence-corrected chi connectivity index (χ2v) is 5.25. The van der Waals surface area contributed by atoms with Crippen LogP contribution >= 0.6 is 0 Å². The van der Waals surface area contributed by atoms with Gasteiger partial charge in [0.05, 0.1) is 40.9 Å². The Morgan fingerprint density at radius 3 is 2.56 bits per heavy atom. The van der Waals surface area contributed by atoms with Crippen LogP contribution in [0.2, 0.25) is 0 Å². The predicted octanol–water partition coefficient (Wildman–Crippen LogP) is -0.340. The normalized spacial score (nSPS) is 34.1. The second-order valence-electron chi connectivity index (χ2n) is 5.25. The maximum absolute atomic E-state index is 6.16. The van der Waals surface area contributed by atoms with Crippen LogP contribution < -0.4 is 27.5 Å². The average Bonchev–Trinajstić information content (AvgIpc) is 2.81. The molecule has 3 aliphatic rings. The first-order valence-corrected chi connectivity index (χ1v) is 6.09. The van der Waals surface area contributed by atoms with Crippen molar-refractivity contribution in [3.8, 4) is 0 Å². The Hall–Kier alpha value is -2.08. The molecule has 2 heterocycles. The Kier molecular flexibility index (Phi) is 1.56. The molecule has 1 aliphatic carbocycles. The number of nitrogens with two attached hydrogens (primary N) is 3. The summed E-state index contributed by atoms with van der Waals surface area (Å²) in [7, 11) is 0. The molecule has 1 fully saturated rings. The number of nitrogens with zero attached hydrogens (tertiary/aromatic N) is 1. The fourth-order valence-electron chi connectivity index (χ4n) is 3.20. The largest absolute Gasteiger partial charge is 0.486 e. The maximum Gasteiger partial charge on any atom is 0.117 e. The van der Waals surface area contributed by atoms with E-state index in [-0.39, 0.29) is 0 Å². The maximum atomic E-state index is 6.16. The highest BCUT2D eigenvalue weighted by atomic mass is 15.6. The molecule has 4 rings (SSSR count). The number of nitrogen functional groups attached to an aromatic ring is 3. The molecule has 0 spiro atoms. The van der Waals surface area contributed by atoms with Crippen LogP contribution in [0.4, 0.5) is 22.7 Å². The van der Waals surface area contributed by atoms with Crippen LogP contribution in [0.3, 0.4) is 0 Å². The molecule has 0 saturated heterocycles. The van der Waals surface area contributed by atoms with Gasteiger partial charge >= 0.3 is 0 Å². The molecule has 3 unspecified atom stereocenters. The molecule has 0 aromatic heterocycles. The first-order chi connectivity index (χ1) is 8.61. The molecule has 0 amide bonds. The molecule has 1 saturated carbocycles. The fraction of sp³-hybridized carbons (Fsp3) is 0.333. The molecule has 18 heavy (non-hydrogen) atoms. The first-order valence-electron chi connectivity index (χ1n) is 6.09. The quantitative estimate of drug-likeness (QED) is 0.435. The smallest absolute Gasteiger partial charge is 0.117 e. The number of hydrogen-bond acceptors (Lipinski definition) is 4. The summed E-state index contributed by atoms with van der Waals surface area (Å²) < 4.78 is 0. The van der Waals surface area contributed by atoms with Crippen LogP contribution in [0.5, 0.6) is 0 Å². The van der Waals surface area contributed by atoms with Crippen molar-refractivity contribution in [2.45, 2.75) is 24.9 Å². The topological polar surface area (TPSA) is 109 Å². The van der Waals surface area contributed by atoms with Crippen molar-refractivity contribution < 1.29 is 5.01 Å². The van der Waals surface area contributed by atoms with Crippen molar-refractivity contribution in [3.05, 3.63) is 29.0 Å². The van der Waals surface area contributed by atoms with E-state index < -0.39 is 0 Å². The minimum atomic E-state index is 0.383. The van der Waals surface area contributed by atoms with E-state index in [0.29, 0.717) is 29.4 Å². The van der Waals surface area contributed by atoms with Crippen molar-refractivity contribution in [2.75, 3.05) is 22.5 Å². The lowest BCUT2D eigenvalue weighted by molar-refractivity contribution is -0.832. The minimum absolute atomic E-state index is 0.383. The molecular weight excluding hydrogens is 228 g/mol. The Bertz CT molecular complexity index is 593. The van der Waals surface area contributed by atoms with Gasteiger partial charge in [0.15, 0.2) is 0 Å². The fourth-order valence-corrected chi connectivity index (χ4v) is 3.20. The Labute approximate surface area is 105 Å². The van der Waals surface area contributed by atoms with E-state index in [1.807, 2.05) is 13.1 Å². The van der Waals surface area contributed by atoms with Crippen LogP contribution in [-0.4, -0.2) is 12.1 Å². The highest BCUT2D eigenvalue weighted by Gasteiger charge is 2.63.